The zero-order valence-corrected chi connectivity index (χ0v) is 16.4. The van der Waals surface area contributed by atoms with Crippen LogP contribution in [0.5, 0.6) is 0 Å². The molecule has 146 valence electrons. The lowest BCUT2D eigenvalue weighted by molar-refractivity contribution is 0.102. The molecule has 0 spiro atoms. The highest BCUT2D eigenvalue weighted by molar-refractivity contribution is 6.03. The van der Waals surface area contributed by atoms with Crippen LogP contribution in [0.25, 0.3) is 0 Å². The van der Waals surface area contributed by atoms with Gasteiger partial charge in [0.25, 0.3) is 5.91 Å². The van der Waals surface area contributed by atoms with Crippen LogP contribution < -0.4 is 15.5 Å². The number of hydrogen-bond acceptors (Lipinski definition) is 6. The number of aromatic nitrogens is 2. The highest BCUT2D eigenvalue weighted by atomic mass is 16.1. The number of nitriles is 1. The van der Waals surface area contributed by atoms with Gasteiger partial charge in [-0.3, -0.25) is 4.79 Å². The third-order valence-corrected chi connectivity index (χ3v) is 4.42. The molecule has 1 heterocycles. The molecule has 7 nitrogen and oxygen atoms in total. The summed E-state index contributed by atoms with van der Waals surface area (Å²) in [7, 11) is 0. The van der Waals surface area contributed by atoms with Gasteiger partial charge in [0.15, 0.2) is 0 Å². The van der Waals surface area contributed by atoms with E-state index in [1.54, 1.807) is 30.3 Å². The average molecular weight is 386 g/mol. The third kappa shape index (κ3) is 5.08. The summed E-state index contributed by atoms with van der Waals surface area (Å²) in [5, 5.41) is 14.9. The van der Waals surface area contributed by atoms with Gasteiger partial charge in [0, 0.05) is 36.2 Å². The maximum atomic E-state index is 12.5. The van der Waals surface area contributed by atoms with Crippen LogP contribution in [-0.2, 0) is 0 Å². The van der Waals surface area contributed by atoms with E-state index in [9.17, 15) is 4.79 Å². The number of nitrogens with zero attached hydrogens (tertiary/aromatic N) is 4. The summed E-state index contributed by atoms with van der Waals surface area (Å²) in [6, 6.07) is 18.4. The number of benzene rings is 2. The molecular formula is C22H22N6O. The summed E-state index contributed by atoms with van der Waals surface area (Å²) in [4.78, 5) is 23.0. The molecule has 0 aliphatic carbocycles. The SMILES string of the molecule is CCN(CC)c1ccc(Nc2cc(C(=O)Nc3cccc(C#N)c3)ncn2)cc1. The Bertz CT molecular complexity index is 1020. The number of nitrogens with one attached hydrogen (secondary N) is 2. The van der Waals surface area contributed by atoms with E-state index in [0.29, 0.717) is 17.1 Å². The number of rotatable bonds is 7. The molecule has 0 fully saturated rings. The van der Waals surface area contributed by atoms with Gasteiger partial charge in [-0.15, -0.1) is 0 Å². The lowest BCUT2D eigenvalue weighted by Gasteiger charge is -2.21. The fourth-order valence-corrected chi connectivity index (χ4v) is 2.90. The minimum Gasteiger partial charge on any atom is -0.372 e. The Morgan fingerprint density at radius 2 is 1.79 bits per heavy atom. The van der Waals surface area contributed by atoms with Crippen molar-refractivity contribution in [3.05, 3.63) is 72.2 Å². The molecule has 2 aromatic carbocycles. The summed E-state index contributed by atoms with van der Waals surface area (Å²) in [5.74, 6) is 0.147. The molecule has 1 amide bonds. The van der Waals surface area contributed by atoms with E-state index in [1.807, 2.05) is 30.3 Å². The minimum absolute atomic E-state index is 0.227. The standard InChI is InChI=1S/C22H22N6O/c1-3-28(4-2)19-10-8-17(9-11-19)26-21-13-20(24-15-25-21)22(29)27-18-7-5-6-16(12-18)14-23/h5-13,15H,3-4H2,1-2H3,(H,27,29)(H,24,25,26). The Kier molecular flexibility index (Phi) is 6.38. The van der Waals surface area contributed by atoms with Crippen molar-refractivity contribution in [1.82, 2.24) is 9.97 Å². The van der Waals surface area contributed by atoms with E-state index in [-0.39, 0.29) is 11.6 Å². The van der Waals surface area contributed by atoms with Crippen molar-refractivity contribution in [1.29, 1.82) is 5.26 Å². The average Bonchev–Trinajstić information content (AvgIpc) is 2.76. The van der Waals surface area contributed by atoms with Crippen molar-refractivity contribution in [3.63, 3.8) is 0 Å². The molecule has 0 radical (unpaired) electrons. The van der Waals surface area contributed by atoms with Crippen LogP contribution in [0.3, 0.4) is 0 Å². The predicted octanol–water partition coefficient (Wildman–Crippen LogP) is 4.19. The van der Waals surface area contributed by atoms with Gasteiger partial charge in [-0.1, -0.05) is 6.07 Å². The van der Waals surface area contributed by atoms with E-state index >= 15 is 0 Å². The Labute approximate surface area is 170 Å². The molecule has 7 heteroatoms. The maximum Gasteiger partial charge on any atom is 0.274 e. The van der Waals surface area contributed by atoms with Crippen LogP contribution >= 0.6 is 0 Å². The van der Waals surface area contributed by atoms with Gasteiger partial charge in [-0.25, -0.2) is 9.97 Å². The molecule has 0 aliphatic rings. The van der Waals surface area contributed by atoms with E-state index in [0.717, 1.165) is 24.5 Å². The number of carbonyl (C=O) groups excluding carboxylic acids is 1. The molecule has 1 aromatic heterocycles. The molecule has 29 heavy (non-hydrogen) atoms. The largest absolute Gasteiger partial charge is 0.372 e. The molecule has 0 bridgehead atoms. The van der Waals surface area contributed by atoms with Gasteiger partial charge in [0.2, 0.25) is 0 Å². The number of hydrogen-bond donors (Lipinski definition) is 2. The third-order valence-electron chi connectivity index (χ3n) is 4.42. The summed E-state index contributed by atoms with van der Waals surface area (Å²) in [5.41, 5.74) is 3.26. The highest BCUT2D eigenvalue weighted by Gasteiger charge is 2.10. The molecule has 0 saturated carbocycles. The summed E-state index contributed by atoms with van der Waals surface area (Å²) >= 11 is 0. The van der Waals surface area contributed by atoms with Crippen LogP contribution in [0.4, 0.5) is 22.9 Å². The van der Waals surface area contributed by atoms with E-state index in [2.05, 4.69) is 39.3 Å². The normalized spacial score (nSPS) is 10.1. The molecule has 3 aromatic rings. The van der Waals surface area contributed by atoms with E-state index < -0.39 is 0 Å². The first-order valence-electron chi connectivity index (χ1n) is 9.38. The van der Waals surface area contributed by atoms with Gasteiger partial charge in [-0.2, -0.15) is 5.26 Å². The molecule has 0 unspecified atom stereocenters. The lowest BCUT2D eigenvalue weighted by atomic mass is 10.2. The molecule has 0 saturated heterocycles. The van der Waals surface area contributed by atoms with Crippen molar-refractivity contribution in [2.24, 2.45) is 0 Å². The van der Waals surface area contributed by atoms with Crippen LogP contribution in [0, 0.1) is 11.3 Å². The zero-order chi connectivity index (χ0) is 20.6. The van der Waals surface area contributed by atoms with Crippen LogP contribution in [-0.4, -0.2) is 29.0 Å². The van der Waals surface area contributed by atoms with E-state index in [4.69, 9.17) is 5.26 Å². The van der Waals surface area contributed by atoms with Crippen molar-refractivity contribution < 1.29 is 4.79 Å². The fraction of sp³-hybridized carbons (Fsp3) is 0.182. The second-order valence-corrected chi connectivity index (χ2v) is 6.28. The summed E-state index contributed by atoms with van der Waals surface area (Å²) in [6.45, 7) is 6.15. The number of anilines is 4. The molecular weight excluding hydrogens is 364 g/mol. The molecule has 3 rings (SSSR count). The van der Waals surface area contributed by atoms with Gasteiger partial charge in [0.05, 0.1) is 11.6 Å². The lowest BCUT2D eigenvalue weighted by Crippen LogP contribution is -2.21. The minimum atomic E-state index is -0.373. The molecule has 0 atom stereocenters. The first-order chi connectivity index (χ1) is 14.1. The fourth-order valence-electron chi connectivity index (χ4n) is 2.90. The second kappa shape index (κ2) is 9.33. The highest BCUT2D eigenvalue weighted by Crippen LogP contribution is 2.20. The Morgan fingerprint density at radius 1 is 1.03 bits per heavy atom. The van der Waals surface area contributed by atoms with Crippen molar-refractivity contribution >= 4 is 28.8 Å². The Hall–Kier alpha value is -3.92. The van der Waals surface area contributed by atoms with Gasteiger partial charge in [-0.05, 0) is 56.3 Å². The number of carbonyl (C=O) groups is 1. The Balaban J connectivity index is 1.70. The van der Waals surface area contributed by atoms with Gasteiger partial charge >= 0.3 is 0 Å². The summed E-state index contributed by atoms with van der Waals surface area (Å²) in [6.07, 6.45) is 1.34. The molecule has 0 aliphatic heterocycles. The first-order valence-corrected chi connectivity index (χ1v) is 9.38. The van der Waals surface area contributed by atoms with Crippen molar-refractivity contribution in [2.45, 2.75) is 13.8 Å². The smallest absolute Gasteiger partial charge is 0.274 e. The Morgan fingerprint density at radius 3 is 2.48 bits per heavy atom. The topological polar surface area (TPSA) is 93.9 Å². The van der Waals surface area contributed by atoms with Crippen molar-refractivity contribution in [3.8, 4) is 6.07 Å². The maximum absolute atomic E-state index is 12.5. The van der Waals surface area contributed by atoms with Crippen LogP contribution in [0.2, 0.25) is 0 Å². The quantitative estimate of drug-likeness (QED) is 0.632. The van der Waals surface area contributed by atoms with E-state index in [1.165, 1.54) is 6.33 Å². The first kappa shape index (κ1) is 19.8. The summed E-state index contributed by atoms with van der Waals surface area (Å²) < 4.78 is 0. The zero-order valence-electron chi connectivity index (χ0n) is 16.4. The second-order valence-electron chi connectivity index (χ2n) is 6.28. The number of amides is 1. The van der Waals surface area contributed by atoms with Crippen LogP contribution in [0.15, 0.2) is 60.9 Å². The van der Waals surface area contributed by atoms with Gasteiger partial charge in [0.1, 0.15) is 17.8 Å². The predicted molar refractivity (Wildman–Crippen MR) is 114 cm³/mol. The molecule has 2 N–H and O–H groups in total. The van der Waals surface area contributed by atoms with Gasteiger partial charge < -0.3 is 15.5 Å². The van der Waals surface area contributed by atoms with Crippen molar-refractivity contribution in [2.75, 3.05) is 28.6 Å². The monoisotopic (exact) mass is 386 g/mol. The van der Waals surface area contributed by atoms with Crippen LogP contribution in [0.1, 0.15) is 29.9 Å².